The van der Waals surface area contributed by atoms with E-state index in [9.17, 15) is 13.5 Å². The second kappa shape index (κ2) is 6.24. The first-order valence-corrected chi connectivity index (χ1v) is 8.66. The number of sulfonamides is 1. The van der Waals surface area contributed by atoms with Crippen LogP contribution in [0.5, 0.6) is 0 Å². The lowest BCUT2D eigenvalue weighted by atomic mass is 10.0. The summed E-state index contributed by atoms with van der Waals surface area (Å²) in [4.78, 5) is 0.286. The molecule has 0 amide bonds. The summed E-state index contributed by atoms with van der Waals surface area (Å²) >= 11 is 0. The number of aliphatic hydroxyl groups is 1. The molecule has 2 N–H and O–H groups in total. The highest BCUT2D eigenvalue weighted by atomic mass is 32.2. The molecule has 1 aromatic rings. The van der Waals surface area contributed by atoms with Gasteiger partial charge in [-0.3, -0.25) is 0 Å². The fourth-order valence-electron chi connectivity index (χ4n) is 2.59. The van der Waals surface area contributed by atoms with Gasteiger partial charge in [0.05, 0.1) is 11.0 Å². The van der Waals surface area contributed by atoms with Crippen LogP contribution in [0.3, 0.4) is 0 Å². The topological polar surface area (TPSA) is 66.4 Å². The van der Waals surface area contributed by atoms with Crippen molar-refractivity contribution in [1.29, 1.82) is 0 Å². The van der Waals surface area contributed by atoms with E-state index in [4.69, 9.17) is 0 Å². The monoisotopic (exact) mass is 297 g/mol. The van der Waals surface area contributed by atoms with E-state index in [-0.39, 0.29) is 16.9 Å². The minimum Gasteiger partial charge on any atom is -0.393 e. The second-order valence-electron chi connectivity index (χ2n) is 5.83. The zero-order chi connectivity index (χ0) is 14.8. The Hall–Kier alpha value is -0.910. The van der Waals surface area contributed by atoms with Gasteiger partial charge >= 0.3 is 0 Å². The van der Waals surface area contributed by atoms with Crippen LogP contribution in [0.2, 0.25) is 0 Å². The summed E-state index contributed by atoms with van der Waals surface area (Å²) in [5, 5.41) is 9.72. The molecule has 112 valence electrons. The molecule has 5 heteroatoms. The van der Waals surface area contributed by atoms with Gasteiger partial charge in [-0.15, -0.1) is 0 Å². The van der Waals surface area contributed by atoms with Gasteiger partial charge in [-0.25, -0.2) is 13.1 Å². The number of aliphatic hydroxyl groups excluding tert-OH is 1. The second-order valence-corrected chi connectivity index (χ2v) is 7.60. The Balaban J connectivity index is 2.02. The standard InChI is InChI=1S/C15H23NO3S/c1-11(2)12-6-8-14(9-7-12)20(18,19)16-10-13-4-3-5-15(13)17/h6-9,11,13,15-17H,3-5,10H2,1-2H3/t13-,15+/m1/s1. The summed E-state index contributed by atoms with van der Waals surface area (Å²) < 4.78 is 27.0. The molecule has 0 saturated heterocycles. The van der Waals surface area contributed by atoms with Gasteiger partial charge in [0.2, 0.25) is 10.0 Å². The quantitative estimate of drug-likeness (QED) is 0.876. The van der Waals surface area contributed by atoms with E-state index in [0.717, 1.165) is 24.8 Å². The van der Waals surface area contributed by atoms with Crippen LogP contribution in [0.15, 0.2) is 29.2 Å². The predicted octanol–water partition coefficient (Wildman–Crippen LogP) is 2.25. The molecule has 2 rings (SSSR count). The summed E-state index contributed by atoms with van der Waals surface area (Å²) in [6.07, 6.45) is 2.25. The van der Waals surface area contributed by atoms with Crippen LogP contribution in [-0.4, -0.2) is 26.2 Å². The zero-order valence-electron chi connectivity index (χ0n) is 12.0. The van der Waals surface area contributed by atoms with Crippen LogP contribution in [0.25, 0.3) is 0 Å². The lowest BCUT2D eigenvalue weighted by Crippen LogP contribution is -2.32. The van der Waals surface area contributed by atoms with E-state index in [1.165, 1.54) is 0 Å². The maximum absolute atomic E-state index is 12.2. The largest absolute Gasteiger partial charge is 0.393 e. The molecule has 2 atom stereocenters. The van der Waals surface area contributed by atoms with Gasteiger partial charge in [0.15, 0.2) is 0 Å². The van der Waals surface area contributed by atoms with Gasteiger partial charge in [-0.1, -0.05) is 32.4 Å². The fourth-order valence-corrected chi connectivity index (χ4v) is 3.68. The van der Waals surface area contributed by atoms with Crippen LogP contribution in [-0.2, 0) is 10.0 Å². The lowest BCUT2D eigenvalue weighted by molar-refractivity contribution is 0.134. The highest BCUT2D eigenvalue weighted by Crippen LogP contribution is 2.25. The van der Waals surface area contributed by atoms with Crippen LogP contribution >= 0.6 is 0 Å². The fraction of sp³-hybridized carbons (Fsp3) is 0.600. The smallest absolute Gasteiger partial charge is 0.240 e. The lowest BCUT2D eigenvalue weighted by Gasteiger charge is -2.15. The number of hydrogen-bond acceptors (Lipinski definition) is 3. The van der Waals surface area contributed by atoms with E-state index in [1.54, 1.807) is 12.1 Å². The molecule has 20 heavy (non-hydrogen) atoms. The molecule has 1 aliphatic rings. The van der Waals surface area contributed by atoms with Crippen molar-refractivity contribution in [2.24, 2.45) is 5.92 Å². The molecule has 1 aromatic carbocycles. The van der Waals surface area contributed by atoms with Crippen LogP contribution in [0.1, 0.15) is 44.6 Å². The molecule has 0 spiro atoms. The van der Waals surface area contributed by atoms with Crippen LogP contribution in [0.4, 0.5) is 0 Å². The van der Waals surface area contributed by atoms with E-state index in [2.05, 4.69) is 18.6 Å². The van der Waals surface area contributed by atoms with Gasteiger partial charge in [0.25, 0.3) is 0 Å². The molecule has 1 saturated carbocycles. The number of hydrogen-bond donors (Lipinski definition) is 2. The third kappa shape index (κ3) is 3.59. The van der Waals surface area contributed by atoms with Gasteiger partial charge < -0.3 is 5.11 Å². The SMILES string of the molecule is CC(C)c1ccc(S(=O)(=O)NC[C@H]2CCC[C@@H]2O)cc1. The van der Waals surface area contributed by atoms with Gasteiger partial charge in [0, 0.05) is 6.54 Å². The van der Waals surface area contributed by atoms with Crippen molar-refractivity contribution in [2.75, 3.05) is 6.54 Å². The van der Waals surface area contributed by atoms with Crippen molar-refractivity contribution in [3.63, 3.8) is 0 Å². The third-order valence-corrected chi connectivity index (χ3v) is 5.45. The molecular formula is C15H23NO3S. The van der Waals surface area contributed by atoms with Crippen molar-refractivity contribution in [2.45, 2.75) is 50.0 Å². The Morgan fingerprint density at radius 2 is 1.90 bits per heavy atom. The maximum Gasteiger partial charge on any atom is 0.240 e. The van der Waals surface area contributed by atoms with Crippen molar-refractivity contribution in [1.82, 2.24) is 4.72 Å². The van der Waals surface area contributed by atoms with Crippen molar-refractivity contribution < 1.29 is 13.5 Å². The third-order valence-electron chi connectivity index (χ3n) is 4.01. The molecule has 0 unspecified atom stereocenters. The number of rotatable bonds is 5. The first-order valence-electron chi connectivity index (χ1n) is 7.18. The van der Waals surface area contributed by atoms with Crippen molar-refractivity contribution >= 4 is 10.0 Å². The Bertz CT molecular complexity index is 537. The highest BCUT2D eigenvalue weighted by molar-refractivity contribution is 7.89. The van der Waals surface area contributed by atoms with E-state index in [1.807, 2.05) is 12.1 Å². The maximum atomic E-state index is 12.2. The minimum absolute atomic E-state index is 0.0414. The van der Waals surface area contributed by atoms with Gasteiger partial charge in [-0.05, 0) is 42.4 Å². The van der Waals surface area contributed by atoms with Gasteiger partial charge in [0.1, 0.15) is 0 Å². The summed E-state index contributed by atoms with van der Waals surface area (Å²) in [5.74, 6) is 0.424. The van der Waals surface area contributed by atoms with E-state index in [0.29, 0.717) is 12.5 Å². The molecule has 4 nitrogen and oxygen atoms in total. The van der Waals surface area contributed by atoms with Gasteiger partial charge in [-0.2, -0.15) is 0 Å². The predicted molar refractivity (Wildman–Crippen MR) is 79.1 cm³/mol. The number of nitrogens with one attached hydrogen (secondary N) is 1. The first kappa shape index (κ1) is 15.5. The normalized spacial score (nSPS) is 23.4. The van der Waals surface area contributed by atoms with E-state index < -0.39 is 10.0 Å². The Morgan fingerprint density at radius 3 is 2.40 bits per heavy atom. The molecule has 0 heterocycles. The molecule has 1 fully saturated rings. The van der Waals surface area contributed by atoms with Crippen LogP contribution < -0.4 is 4.72 Å². The molecule has 0 aliphatic heterocycles. The average molecular weight is 297 g/mol. The first-order chi connectivity index (χ1) is 9.40. The summed E-state index contributed by atoms with van der Waals surface area (Å²) in [5.41, 5.74) is 1.12. The van der Waals surface area contributed by atoms with Crippen LogP contribution in [0, 0.1) is 5.92 Å². The Morgan fingerprint density at radius 1 is 1.25 bits per heavy atom. The minimum atomic E-state index is -3.47. The van der Waals surface area contributed by atoms with Crippen molar-refractivity contribution in [3.05, 3.63) is 29.8 Å². The van der Waals surface area contributed by atoms with Crippen molar-refractivity contribution in [3.8, 4) is 0 Å². The summed E-state index contributed by atoms with van der Waals surface area (Å²) in [7, 11) is -3.47. The zero-order valence-corrected chi connectivity index (χ0v) is 12.9. The molecule has 1 aliphatic carbocycles. The molecule has 0 bridgehead atoms. The highest BCUT2D eigenvalue weighted by Gasteiger charge is 2.26. The molecule has 0 radical (unpaired) electrons. The average Bonchev–Trinajstić information content (AvgIpc) is 2.82. The Labute approximate surface area is 121 Å². The molecular weight excluding hydrogens is 274 g/mol. The van der Waals surface area contributed by atoms with E-state index >= 15 is 0 Å². The summed E-state index contributed by atoms with van der Waals surface area (Å²) in [6.45, 7) is 4.46. The number of benzene rings is 1. The summed E-state index contributed by atoms with van der Waals surface area (Å²) in [6, 6.07) is 6.98. The Kier molecular flexibility index (Phi) is 4.83. The molecule has 0 aromatic heterocycles.